The van der Waals surface area contributed by atoms with Gasteiger partial charge in [0.1, 0.15) is 5.75 Å². The summed E-state index contributed by atoms with van der Waals surface area (Å²) in [6, 6.07) is 5.40. The van der Waals surface area contributed by atoms with Crippen LogP contribution in [0.15, 0.2) is 22.7 Å². The predicted octanol–water partition coefficient (Wildman–Crippen LogP) is 2.22. The summed E-state index contributed by atoms with van der Waals surface area (Å²) in [7, 11) is 0. The maximum Gasteiger partial charge on any atom is 0.115 e. The topological polar surface area (TPSA) is 46.2 Å². The van der Waals surface area contributed by atoms with Gasteiger partial charge in [0.05, 0.1) is 0 Å². The fraction of sp³-hybridized carbons (Fsp3) is 0.400. The molecular weight excluding hydrogens is 230 g/mol. The Morgan fingerprint density at radius 3 is 2.92 bits per heavy atom. The molecule has 3 N–H and O–H groups in total. The lowest BCUT2D eigenvalue weighted by Gasteiger charge is -2.03. The molecule has 1 aliphatic rings. The molecule has 1 fully saturated rings. The summed E-state index contributed by atoms with van der Waals surface area (Å²) in [4.78, 5) is 0. The van der Waals surface area contributed by atoms with Crippen LogP contribution in [0.3, 0.4) is 0 Å². The Morgan fingerprint density at radius 1 is 1.54 bits per heavy atom. The second-order valence-electron chi connectivity index (χ2n) is 3.54. The van der Waals surface area contributed by atoms with Crippen LogP contribution in [0.25, 0.3) is 0 Å². The standard InChI is InChI=1S/C10H12BrNO/c11-10-2-1-7(13)4-9(10)8-3-6(8)5-12/h1-2,4,6,8,13H,3,5,12H2/t6-,8+/m0/s1. The van der Waals surface area contributed by atoms with Gasteiger partial charge in [-0.1, -0.05) is 15.9 Å². The lowest BCUT2D eigenvalue weighted by molar-refractivity contribution is 0.474. The third-order valence-corrected chi connectivity index (χ3v) is 3.33. The third kappa shape index (κ3) is 1.71. The number of nitrogens with two attached hydrogens (primary N) is 1. The van der Waals surface area contributed by atoms with Gasteiger partial charge in [0, 0.05) is 4.47 Å². The molecule has 2 atom stereocenters. The molecule has 1 aromatic rings. The van der Waals surface area contributed by atoms with Gasteiger partial charge in [-0.05, 0) is 48.6 Å². The van der Waals surface area contributed by atoms with E-state index in [0.29, 0.717) is 17.6 Å². The molecule has 0 bridgehead atoms. The van der Waals surface area contributed by atoms with Crippen molar-refractivity contribution in [2.24, 2.45) is 11.7 Å². The van der Waals surface area contributed by atoms with Crippen LogP contribution in [0.2, 0.25) is 0 Å². The molecule has 2 rings (SSSR count). The van der Waals surface area contributed by atoms with Crippen LogP contribution in [0.1, 0.15) is 17.9 Å². The van der Waals surface area contributed by atoms with Crippen LogP contribution in [0.5, 0.6) is 5.75 Å². The monoisotopic (exact) mass is 241 g/mol. The zero-order valence-electron chi connectivity index (χ0n) is 7.20. The van der Waals surface area contributed by atoms with Crippen molar-refractivity contribution in [2.45, 2.75) is 12.3 Å². The van der Waals surface area contributed by atoms with Gasteiger partial charge in [-0.25, -0.2) is 0 Å². The van der Waals surface area contributed by atoms with Crippen LogP contribution in [0, 0.1) is 5.92 Å². The van der Waals surface area contributed by atoms with E-state index in [1.807, 2.05) is 12.1 Å². The molecule has 0 amide bonds. The van der Waals surface area contributed by atoms with E-state index in [0.717, 1.165) is 17.4 Å². The van der Waals surface area contributed by atoms with E-state index in [9.17, 15) is 5.11 Å². The van der Waals surface area contributed by atoms with E-state index in [-0.39, 0.29) is 0 Å². The molecule has 1 saturated carbocycles. The second kappa shape index (κ2) is 3.31. The normalized spacial score (nSPS) is 26.0. The highest BCUT2D eigenvalue weighted by molar-refractivity contribution is 9.10. The largest absolute Gasteiger partial charge is 0.508 e. The van der Waals surface area contributed by atoms with Crippen LogP contribution in [-0.4, -0.2) is 11.7 Å². The molecule has 0 aliphatic heterocycles. The Morgan fingerprint density at radius 2 is 2.31 bits per heavy atom. The van der Waals surface area contributed by atoms with Crippen molar-refractivity contribution in [3.8, 4) is 5.75 Å². The van der Waals surface area contributed by atoms with Gasteiger partial charge < -0.3 is 10.8 Å². The number of rotatable bonds is 2. The summed E-state index contributed by atoms with van der Waals surface area (Å²) in [5.41, 5.74) is 6.76. The number of phenolic OH excluding ortho intramolecular Hbond substituents is 1. The first-order valence-electron chi connectivity index (χ1n) is 4.41. The van der Waals surface area contributed by atoms with Crippen molar-refractivity contribution in [1.29, 1.82) is 0 Å². The van der Waals surface area contributed by atoms with Gasteiger partial charge in [0.2, 0.25) is 0 Å². The molecule has 0 aromatic heterocycles. The fourth-order valence-corrected chi connectivity index (χ4v) is 2.24. The predicted molar refractivity (Wildman–Crippen MR) is 55.7 cm³/mol. The SMILES string of the molecule is NC[C@@H]1C[C@H]1c1cc(O)ccc1Br. The average molecular weight is 242 g/mol. The van der Waals surface area contributed by atoms with Crippen molar-refractivity contribution in [3.05, 3.63) is 28.2 Å². The summed E-state index contributed by atoms with van der Waals surface area (Å²) in [6.07, 6.45) is 1.15. The van der Waals surface area contributed by atoms with E-state index in [1.165, 1.54) is 5.56 Å². The lowest BCUT2D eigenvalue weighted by atomic mass is 10.1. The number of benzene rings is 1. The first kappa shape index (κ1) is 9.03. The van der Waals surface area contributed by atoms with Crippen LogP contribution in [-0.2, 0) is 0 Å². The molecule has 0 spiro atoms. The van der Waals surface area contributed by atoms with Crippen molar-refractivity contribution < 1.29 is 5.11 Å². The second-order valence-corrected chi connectivity index (χ2v) is 4.40. The van der Waals surface area contributed by atoms with Crippen LogP contribution < -0.4 is 5.73 Å². The smallest absolute Gasteiger partial charge is 0.115 e. The zero-order chi connectivity index (χ0) is 9.42. The van der Waals surface area contributed by atoms with E-state index >= 15 is 0 Å². The Labute approximate surface area is 85.9 Å². The highest BCUT2D eigenvalue weighted by atomic mass is 79.9. The van der Waals surface area contributed by atoms with E-state index in [4.69, 9.17) is 5.73 Å². The highest BCUT2D eigenvalue weighted by Crippen LogP contribution is 2.49. The summed E-state index contributed by atoms with van der Waals surface area (Å²) >= 11 is 3.48. The van der Waals surface area contributed by atoms with Gasteiger partial charge >= 0.3 is 0 Å². The Kier molecular flexibility index (Phi) is 2.30. The molecule has 1 aliphatic carbocycles. The van der Waals surface area contributed by atoms with Crippen molar-refractivity contribution in [1.82, 2.24) is 0 Å². The van der Waals surface area contributed by atoms with Crippen molar-refractivity contribution in [3.63, 3.8) is 0 Å². The van der Waals surface area contributed by atoms with Gasteiger partial charge in [0.25, 0.3) is 0 Å². The minimum atomic E-state index is 0.334. The maximum absolute atomic E-state index is 9.32. The molecular formula is C10H12BrNO. The van der Waals surface area contributed by atoms with Gasteiger partial charge in [-0.2, -0.15) is 0 Å². The first-order valence-corrected chi connectivity index (χ1v) is 5.20. The van der Waals surface area contributed by atoms with Crippen LogP contribution in [0.4, 0.5) is 0 Å². The number of halogens is 1. The minimum absolute atomic E-state index is 0.334. The fourth-order valence-electron chi connectivity index (χ4n) is 1.70. The summed E-state index contributed by atoms with van der Waals surface area (Å²) in [6.45, 7) is 0.743. The number of aromatic hydroxyl groups is 1. The molecule has 0 unspecified atom stereocenters. The highest BCUT2D eigenvalue weighted by Gasteiger charge is 2.38. The van der Waals surface area contributed by atoms with Gasteiger partial charge in [-0.3, -0.25) is 0 Å². The molecule has 0 saturated heterocycles. The molecule has 1 aromatic carbocycles. The summed E-state index contributed by atoms with van der Waals surface area (Å²) < 4.78 is 1.08. The van der Waals surface area contributed by atoms with E-state index in [1.54, 1.807) is 6.07 Å². The summed E-state index contributed by atoms with van der Waals surface area (Å²) in [5.74, 6) is 1.49. The Balaban J connectivity index is 2.25. The van der Waals surface area contributed by atoms with E-state index in [2.05, 4.69) is 15.9 Å². The van der Waals surface area contributed by atoms with Crippen molar-refractivity contribution >= 4 is 15.9 Å². The summed E-state index contributed by atoms with van der Waals surface area (Å²) in [5, 5.41) is 9.32. The quantitative estimate of drug-likeness (QED) is 0.835. The third-order valence-electron chi connectivity index (χ3n) is 2.60. The minimum Gasteiger partial charge on any atom is -0.508 e. The molecule has 3 heteroatoms. The number of hydrogen-bond donors (Lipinski definition) is 2. The zero-order valence-corrected chi connectivity index (χ0v) is 8.79. The number of phenols is 1. The lowest BCUT2D eigenvalue weighted by Crippen LogP contribution is -2.02. The molecule has 2 nitrogen and oxygen atoms in total. The maximum atomic E-state index is 9.32. The molecule has 0 radical (unpaired) electrons. The molecule has 0 heterocycles. The number of hydrogen-bond acceptors (Lipinski definition) is 2. The first-order chi connectivity index (χ1) is 6.22. The average Bonchev–Trinajstić information content (AvgIpc) is 2.88. The Hall–Kier alpha value is -0.540. The molecule has 70 valence electrons. The van der Waals surface area contributed by atoms with Gasteiger partial charge in [-0.15, -0.1) is 0 Å². The van der Waals surface area contributed by atoms with Crippen molar-refractivity contribution in [2.75, 3.05) is 6.54 Å². The van der Waals surface area contributed by atoms with E-state index < -0.39 is 0 Å². The van der Waals surface area contributed by atoms with Gasteiger partial charge in [0.15, 0.2) is 0 Å². The Bertz CT molecular complexity index is 327. The molecule has 13 heavy (non-hydrogen) atoms. The van der Waals surface area contributed by atoms with Crippen LogP contribution >= 0.6 is 15.9 Å².